The molecule has 1 saturated carbocycles. The van der Waals surface area contributed by atoms with E-state index in [1.54, 1.807) is 7.11 Å². The average Bonchev–Trinajstić information content (AvgIpc) is 3.64. The summed E-state index contributed by atoms with van der Waals surface area (Å²) >= 11 is 0. The Kier molecular flexibility index (Phi) is 6.26. The molecule has 2 heterocycles. The highest BCUT2D eigenvalue weighted by molar-refractivity contribution is 5.48. The van der Waals surface area contributed by atoms with Gasteiger partial charge in [0.05, 0.1) is 19.8 Å². The number of nitrogens with one attached hydrogen (secondary N) is 1. The summed E-state index contributed by atoms with van der Waals surface area (Å²) in [7, 11) is 1.66. The normalized spacial score (nSPS) is 19.9. The molecule has 2 aliphatic rings. The molecule has 3 aromatic carbocycles. The number of nitrogens with zero attached hydrogens (tertiary/aromatic N) is 1. The smallest absolute Gasteiger partial charge is 0.330 e. The molecule has 38 heavy (non-hydrogen) atoms. The minimum Gasteiger partial charge on any atom is -0.497 e. The molecule has 2 fully saturated rings. The predicted molar refractivity (Wildman–Crippen MR) is 143 cm³/mol. The van der Waals surface area contributed by atoms with Crippen LogP contribution in [0.2, 0.25) is 0 Å². The molecule has 6 rings (SSSR count). The standard InChI is InChI=1S/C31H30N2O5/c1-36-25-14-12-24(13-15-25)31(22-8-4-2-5-9-22,23-10-6-3-7-11-23)37-21-26-20-30(17-18-30)28(38-26)33-19-16-27(34)32-29(33)35/h2-16,19,26,28H,17-18,20-21H2,1H3,(H,32,34,35)/t26-,28+/m0/s1. The van der Waals surface area contributed by atoms with Crippen LogP contribution in [-0.2, 0) is 15.1 Å². The van der Waals surface area contributed by atoms with Crippen LogP contribution < -0.4 is 16.0 Å². The molecule has 2 atom stereocenters. The predicted octanol–water partition coefficient (Wildman–Crippen LogP) is 4.62. The van der Waals surface area contributed by atoms with E-state index >= 15 is 0 Å². The van der Waals surface area contributed by atoms with Gasteiger partial charge in [-0.1, -0.05) is 72.8 Å². The fourth-order valence-electron chi connectivity index (χ4n) is 5.75. The van der Waals surface area contributed by atoms with Gasteiger partial charge in [0.25, 0.3) is 5.56 Å². The zero-order valence-corrected chi connectivity index (χ0v) is 21.2. The Balaban J connectivity index is 1.37. The second kappa shape index (κ2) is 9.74. The number of ether oxygens (including phenoxy) is 3. The van der Waals surface area contributed by atoms with Crippen LogP contribution in [0.15, 0.2) is 107 Å². The topological polar surface area (TPSA) is 82.5 Å². The maximum atomic E-state index is 12.6. The number of hydrogen-bond acceptors (Lipinski definition) is 5. The SMILES string of the molecule is COc1ccc(C(OC[C@@H]2CC3(CC3)[C@H](n3ccc(=O)[nH]c3=O)O2)(c2ccccc2)c2ccccc2)cc1. The molecule has 1 N–H and O–H groups in total. The van der Waals surface area contributed by atoms with Gasteiger partial charge in [0.2, 0.25) is 0 Å². The van der Waals surface area contributed by atoms with E-state index in [-0.39, 0.29) is 11.5 Å². The molecule has 7 nitrogen and oxygen atoms in total. The lowest BCUT2D eigenvalue weighted by atomic mass is 9.80. The summed E-state index contributed by atoms with van der Waals surface area (Å²) < 4.78 is 20.4. The van der Waals surface area contributed by atoms with Crippen molar-refractivity contribution in [3.05, 3.63) is 135 Å². The van der Waals surface area contributed by atoms with Gasteiger partial charge in [0.15, 0.2) is 0 Å². The maximum Gasteiger partial charge on any atom is 0.330 e. The van der Waals surface area contributed by atoms with Crippen LogP contribution in [0.5, 0.6) is 5.75 Å². The third kappa shape index (κ3) is 4.27. The Labute approximate surface area is 220 Å². The third-order valence-corrected chi connectivity index (χ3v) is 7.82. The van der Waals surface area contributed by atoms with Crippen molar-refractivity contribution in [1.82, 2.24) is 9.55 Å². The molecular weight excluding hydrogens is 480 g/mol. The number of methoxy groups -OCH3 is 1. The van der Waals surface area contributed by atoms with Crippen LogP contribution in [0, 0.1) is 5.41 Å². The molecule has 0 radical (unpaired) electrons. The average molecular weight is 511 g/mol. The van der Waals surface area contributed by atoms with Gasteiger partial charge >= 0.3 is 5.69 Å². The summed E-state index contributed by atoms with van der Waals surface area (Å²) in [4.78, 5) is 26.5. The fraction of sp³-hybridized carbons (Fsp3) is 0.290. The van der Waals surface area contributed by atoms with Gasteiger partial charge in [-0.15, -0.1) is 0 Å². The van der Waals surface area contributed by atoms with Gasteiger partial charge in [-0.25, -0.2) is 4.79 Å². The lowest BCUT2D eigenvalue weighted by molar-refractivity contribution is -0.0827. The summed E-state index contributed by atoms with van der Waals surface area (Å²) in [6.07, 6.45) is 3.62. The van der Waals surface area contributed by atoms with Gasteiger partial charge in [0.1, 0.15) is 17.6 Å². The van der Waals surface area contributed by atoms with E-state index in [4.69, 9.17) is 14.2 Å². The highest BCUT2D eigenvalue weighted by Gasteiger charge is 2.58. The molecule has 0 amide bonds. The van der Waals surface area contributed by atoms with Crippen LogP contribution in [0.3, 0.4) is 0 Å². The van der Waals surface area contributed by atoms with Crippen molar-refractivity contribution in [2.45, 2.75) is 37.2 Å². The molecule has 1 aliphatic carbocycles. The van der Waals surface area contributed by atoms with Crippen molar-refractivity contribution in [1.29, 1.82) is 0 Å². The number of rotatable bonds is 8. The van der Waals surface area contributed by atoms with E-state index < -0.39 is 23.1 Å². The molecular formula is C31H30N2O5. The number of benzene rings is 3. The molecule has 7 heteroatoms. The first-order valence-corrected chi connectivity index (χ1v) is 12.9. The number of aromatic amines is 1. The second-order valence-corrected chi connectivity index (χ2v) is 10.1. The second-order valence-electron chi connectivity index (χ2n) is 10.1. The monoisotopic (exact) mass is 510 g/mol. The van der Waals surface area contributed by atoms with Crippen molar-refractivity contribution in [2.24, 2.45) is 5.41 Å². The van der Waals surface area contributed by atoms with Crippen LogP contribution in [0.4, 0.5) is 0 Å². The molecule has 1 spiro atoms. The molecule has 194 valence electrons. The summed E-state index contributed by atoms with van der Waals surface area (Å²) in [5, 5.41) is 0. The first-order chi connectivity index (χ1) is 18.5. The fourth-order valence-corrected chi connectivity index (χ4v) is 5.75. The minimum absolute atomic E-state index is 0.113. The van der Waals surface area contributed by atoms with E-state index in [2.05, 4.69) is 29.2 Å². The summed E-state index contributed by atoms with van der Waals surface area (Å²) in [6, 6.07) is 29.7. The van der Waals surface area contributed by atoms with Gasteiger partial charge in [-0.05, 0) is 48.1 Å². The highest BCUT2D eigenvalue weighted by Crippen LogP contribution is 2.62. The van der Waals surface area contributed by atoms with Crippen molar-refractivity contribution >= 4 is 0 Å². The Morgan fingerprint density at radius 1 is 0.895 bits per heavy atom. The molecule has 1 aliphatic heterocycles. The van der Waals surface area contributed by atoms with Crippen LogP contribution in [0.1, 0.15) is 42.2 Å². The van der Waals surface area contributed by atoms with Crippen molar-refractivity contribution in [3.63, 3.8) is 0 Å². The highest BCUT2D eigenvalue weighted by atomic mass is 16.6. The van der Waals surface area contributed by atoms with Gasteiger partial charge in [0, 0.05) is 17.7 Å². The summed E-state index contributed by atoms with van der Waals surface area (Å²) in [5.74, 6) is 0.771. The lowest BCUT2D eigenvalue weighted by Gasteiger charge is -2.36. The van der Waals surface area contributed by atoms with E-state index in [1.165, 1.54) is 16.8 Å². The maximum absolute atomic E-state index is 12.6. The van der Waals surface area contributed by atoms with E-state index in [1.807, 2.05) is 60.7 Å². The summed E-state index contributed by atoms with van der Waals surface area (Å²) in [6.45, 7) is 0.326. The third-order valence-electron chi connectivity index (χ3n) is 7.82. The number of aromatic nitrogens is 2. The van der Waals surface area contributed by atoms with Crippen LogP contribution in [0.25, 0.3) is 0 Å². The molecule has 1 saturated heterocycles. The Hall–Kier alpha value is -3.94. The molecule has 0 unspecified atom stereocenters. The first-order valence-electron chi connectivity index (χ1n) is 12.9. The Bertz CT molecular complexity index is 1470. The summed E-state index contributed by atoms with van der Waals surface area (Å²) in [5.41, 5.74) is 1.12. The van der Waals surface area contributed by atoms with Gasteiger partial charge in [-0.3, -0.25) is 14.3 Å². The zero-order valence-electron chi connectivity index (χ0n) is 21.2. The van der Waals surface area contributed by atoms with Crippen LogP contribution >= 0.6 is 0 Å². The Morgan fingerprint density at radius 2 is 1.50 bits per heavy atom. The van der Waals surface area contributed by atoms with Crippen molar-refractivity contribution < 1.29 is 14.2 Å². The van der Waals surface area contributed by atoms with Gasteiger partial charge < -0.3 is 14.2 Å². The Morgan fingerprint density at radius 3 is 2.05 bits per heavy atom. The molecule has 4 aromatic rings. The van der Waals surface area contributed by atoms with Crippen molar-refractivity contribution in [3.8, 4) is 5.75 Å². The first kappa shape index (κ1) is 24.4. The zero-order chi connectivity index (χ0) is 26.2. The molecule has 1 aromatic heterocycles. The lowest BCUT2D eigenvalue weighted by Crippen LogP contribution is -2.36. The van der Waals surface area contributed by atoms with Crippen molar-refractivity contribution in [2.75, 3.05) is 13.7 Å². The van der Waals surface area contributed by atoms with Crippen LogP contribution in [-0.4, -0.2) is 29.4 Å². The minimum atomic E-state index is -0.887. The number of hydrogen-bond donors (Lipinski definition) is 1. The van der Waals surface area contributed by atoms with E-state index in [0.29, 0.717) is 6.61 Å². The largest absolute Gasteiger partial charge is 0.497 e. The van der Waals surface area contributed by atoms with Gasteiger partial charge in [-0.2, -0.15) is 0 Å². The molecule has 0 bridgehead atoms. The van der Waals surface area contributed by atoms with E-state index in [9.17, 15) is 9.59 Å². The number of H-pyrrole nitrogens is 1. The van der Waals surface area contributed by atoms with E-state index in [0.717, 1.165) is 41.7 Å². The quantitative estimate of drug-likeness (QED) is 0.350.